The number of nitrogens with zero attached hydrogens (tertiary/aromatic N) is 2. The molecule has 5 heteroatoms. The topological polar surface area (TPSA) is 78.1 Å². The van der Waals surface area contributed by atoms with Gasteiger partial charge in [-0.05, 0) is 38.0 Å². The van der Waals surface area contributed by atoms with E-state index in [-0.39, 0.29) is 11.9 Å². The molecule has 2 N–H and O–H groups in total. The SMILES string of the molecule is COC(=O)C(C)(C)Cc1cccc(-c2ccnc(N)n2)c1. The summed E-state index contributed by atoms with van der Waals surface area (Å²) in [5.41, 5.74) is 7.79. The highest BCUT2D eigenvalue weighted by molar-refractivity contribution is 5.76. The maximum Gasteiger partial charge on any atom is 0.311 e. The fraction of sp³-hybridized carbons (Fsp3) is 0.312. The van der Waals surface area contributed by atoms with E-state index in [0.717, 1.165) is 16.8 Å². The van der Waals surface area contributed by atoms with Gasteiger partial charge in [0.15, 0.2) is 0 Å². The first kappa shape index (κ1) is 15.0. The van der Waals surface area contributed by atoms with Crippen LogP contribution >= 0.6 is 0 Å². The number of methoxy groups -OCH3 is 1. The van der Waals surface area contributed by atoms with Crippen LogP contribution in [0.3, 0.4) is 0 Å². The van der Waals surface area contributed by atoms with Gasteiger partial charge in [-0.15, -0.1) is 0 Å². The molecule has 0 atom stereocenters. The van der Waals surface area contributed by atoms with Crippen LogP contribution in [-0.4, -0.2) is 23.0 Å². The van der Waals surface area contributed by atoms with Crippen molar-refractivity contribution in [2.24, 2.45) is 5.41 Å². The Balaban J connectivity index is 2.28. The highest BCUT2D eigenvalue weighted by Crippen LogP contribution is 2.26. The molecule has 21 heavy (non-hydrogen) atoms. The standard InChI is InChI=1S/C16H19N3O2/c1-16(2,14(20)21-3)10-11-5-4-6-12(9-11)13-7-8-18-15(17)19-13/h4-9H,10H2,1-3H3,(H2,17,18,19). The molecule has 0 unspecified atom stereocenters. The monoisotopic (exact) mass is 285 g/mol. The van der Waals surface area contributed by atoms with Gasteiger partial charge < -0.3 is 10.5 Å². The van der Waals surface area contributed by atoms with Crippen molar-refractivity contribution in [1.82, 2.24) is 9.97 Å². The van der Waals surface area contributed by atoms with Gasteiger partial charge in [0.2, 0.25) is 5.95 Å². The Morgan fingerprint density at radius 1 is 1.33 bits per heavy atom. The van der Waals surface area contributed by atoms with Crippen molar-refractivity contribution in [3.8, 4) is 11.3 Å². The highest BCUT2D eigenvalue weighted by atomic mass is 16.5. The van der Waals surface area contributed by atoms with Crippen LogP contribution in [0.5, 0.6) is 0 Å². The Hall–Kier alpha value is -2.43. The molecule has 0 bridgehead atoms. The van der Waals surface area contributed by atoms with Gasteiger partial charge in [-0.25, -0.2) is 9.97 Å². The lowest BCUT2D eigenvalue weighted by Crippen LogP contribution is -2.27. The molecule has 0 spiro atoms. The first-order chi connectivity index (χ1) is 9.92. The van der Waals surface area contributed by atoms with E-state index in [0.29, 0.717) is 6.42 Å². The fourth-order valence-electron chi connectivity index (χ4n) is 2.23. The molecule has 5 nitrogen and oxygen atoms in total. The van der Waals surface area contributed by atoms with Crippen molar-refractivity contribution >= 4 is 11.9 Å². The van der Waals surface area contributed by atoms with E-state index in [1.807, 2.05) is 38.1 Å². The van der Waals surface area contributed by atoms with E-state index < -0.39 is 5.41 Å². The van der Waals surface area contributed by atoms with Crippen LogP contribution in [0.15, 0.2) is 36.5 Å². The van der Waals surface area contributed by atoms with Gasteiger partial charge in [0.1, 0.15) is 0 Å². The van der Waals surface area contributed by atoms with E-state index in [4.69, 9.17) is 10.5 Å². The number of carbonyl (C=O) groups is 1. The van der Waals surface area contributed by atoms with Crippen molar-refractivity contribution in [3.63, 3.8) is 0 Å². The zero-order valence-corrected chi connectivity index (χ0v) is 12.5. The summed E-state index contributed by atoms with van der Waals surface area (Å²) in [6.45, 7) is 3.74. The highest BCUT2D eigenvalue weighted by Gasteiger charge is 2.28. The molecule has 0 radical (unpaired) electrons. The molecule has 0 amide bonds. The normalized spacial score (nSPS) is 11.2. The minimum atomic E-state index is -0.571. The third-order valence-corrected chi connectivity index (χ3v) is 3.28. The molecule has 2 aromatic rings. The summed E-state index contributed by atoms with van der Waals surface area (Å²) in [6.07, 6.45) is 2.22. The largest absolute Gasteiger partial charge is 0.469 e. The van der Waals surface area contributed by atoms with Crippen LogP contribution in [-0.2, 0) is 16.0 Å². The van der Waals surface area contributed by atoms with Crippen LogP contribution in [0.25, 0.3) is 11.3 Å². The van der Waals surface area contributed by atoms with E-state index >= 15 is 0 Å². The number of nitrogens with two attached hydrogens (primary N) is 1. The Bertz CT molecular complexity index is 653. The summed E-state index contributed by atoms with van der Waals surface area (Å²) >= 11 is 0. The number of aromatic nitrogens is 2. The molecule has 0 aliphatic heterocycles. The quantitative estimate of drug-likeness (QED) is 0.873. The summed E-state index contributed by atoms with van der Waals surface area (Å²) in [4.78, 5) is 19.9. The second-order valence-corrected chi connectivity index (χ2v) is 5.55. The van der Waals surface area contributed by atoms with Crippen LogP contribution < -0.4 is 5.73 Å². The number of hydrogen-bond donors (Lipinski definition) is 1. The second-order valence-electron chi connectivity index (χ2n) is 5.55. The number of ether oxygens (including phenoxy) is 1. The van der Waals surface area contributed by atoms with E-state index in [1.54, 1.807) is 12.3 Å². The first-order valence-electron chi connectivity index (χ1n) is 6.68. The maximum absolute atomic E-state index is 11.8. The van der Waals surface area contributed by atoms with E-state index in [2.05, 4.69) is 9.97 Å². The molecule has 1 aromatic heterocycles. The lowest BCUT2D eigenvalue weighted by Gasteiger charge is -2.21. The molecule has 0 aliphatic rings. The lowest BCUT2D eigenvalue weighted by atomic mass is 9.85. The smallest absolute Gasteiger partial charge is 0.311 e. The summed E-state index contributed by atoms with van der Waals surface area (Å²) in [5, 5.41) is 0. The predicted octanol–water partition coefficient (Wildman–Crippen LogP) is 2.47. The molecule has 0 fully saturated rings. The number of hydrogen-bond acceptors (Lipinski definition) is 5. The number of carbonyl (C=O) groups excluding carboxylic acids is 1. The van der Waals surface area contributed by atoms with Gasteiger partial charge in [-0.2, -0.15) is 0 Å². The zero-order valence-electron chi connectivity index (χ0n) is 12.5. The van der Waals surface area contributed by atoms with Gasteiger partial charge in [-0.3, -0.25) is 4.79 Å². The second kappa shape index (κ2) is 5.91. The fourth-order valence-corrected chi connectivity index (χ4v) is 2.23. The van der Waals surface area contributed by atoms with Crippen LogP contribution in [0.1, 0.15) is 19.4 Å². The van der Waals surface area contributed by atoms with Crippen molar-refractivity contribution in [2.75, 3.05) is 12.8 Å². The first-order valence-corrected chi connectivity index (χ1v) is 6.68. The molecule has 0 saturated carbocycles. The average molecular weight is 285 g/mol. The number of esters is 1. The third kappa shape index (κ3) is 3.56. The molecular weight excluding hydrogens is 266 g/mol. The van der Waals surface area contributed by atoms with Crippen molar-refractivity contribution < 1.29 is 9.53 Å². The van der Waals surface area contributed by atoms with Gasteiger partial charge in [0, 0.05) is 11.8 Å². The summed E-state index contributed by atoms with van der Waals surface area (Å²) in [7, 11) is 1.41. The average Bonchev–Trinajstić information content (AvgIpc) is 2.46. The Kier molecular flexibility index (Phi) is 4.21. The molecule has 0 saturated heterocycles. The molecule has 1 aromatic carbocycles. The Morgan fingerprint density at radius 2 is 2.10 bits per heavy atom. The minimum absolute atomic E-state index is 0.223. The number of nitrogen functional groups attached to an aromatic ring is 1. The Labute approximate surface area is 124 Å². The Morgan fingerprint density at radius 3 is 2.76 bits per heavy atom. The maximum atomic E-state index is 11.8. The molecule has 2 rings (SSSR count). The summed E-state index contributed by atoms with van der Waals surface area (Å²) in [5.74, 6) is 0.0203. The van der Waals surface area contributed by atoms with Gasteiger partial charge in [0.25, 0.3) is 0 Å². The van der Waals surface area contributed by atoms with Crippen LogP contribution in [0, 0.1) is 5.41 Å². The third-order valence-electron chi connectivity index (χ3n) is 3.28. The molecule has 0 aliphatic carbocycles. The molecular formula is C16H19N3O2. The number of rotatable bonds is 4. The van der Waals surface area contributed by atoms with Crippen molar-refractivity contribution in [1.29, 1.82) is 0 Å². The van der Waals surface area contributed by atoms with Gasteiger partial charge in [0.05, 0.1) is 18.2 Å². The predicted molar refractivity (Wildman–Crippen MR) is 81.4 cm³/mol. The van der Waals surface area contributed by atoms with Gasteiger partial charge >= 0.3 is 5.97 Å². The number of anilines is 1. The zero-order chi connectivity index (χ0) is 15.5. The van der Waals surface area contributed by atoms with Gasteiger partial charge in [-0.1, -0.05) is 18.2 Å². The van der Waals surface area contributed by atoms with Crippen molar-refractivity contribution in [3.05, 3.63) is 42.1 Å². The van der Waals surface area contributed by atoms with Crippen LogP contribution in [0.2, 0.25) is 0 Å². The van der Waals surface area contributed by atoms with E-state index in [1.165, 1.54) is 7.11 Å². The summed E-state index contributed by atoms with van der Waals surface area (Å²) < 4.78 is 4.84. The lowest BCUT2D eigenvalue weighted by molar-refractivity contribution is -0.150. The number of benzene rings is 1. The minimum Gasteiger partial charge on any atom is -0.469 e. The van der Waals surface area contributed by atoms with Crippen LogP contribution in [0.4, 0.5) is 5.95 Å². The summed E-state index contributed by atoms with van der Waals surface area (Å²) in [6, 6.07) is 9.69. The van der Waals surface area contributed by atoms with E-state index in [9.17, 15) is 4.79 Å². The van der Waals surface area contributed by atoms with Crippen molar-refractivity contribution in [2.45, 2.75) is 20.3 Å². The molecule has 110 valence electrons. The molecule has 1 heterocycles.